The molecule has 1 aliphatic carbocycles. The van der Waals surface area contributed by atoms with E-state index in [1.165, 1.54) is 0 Å². The van der Waals surface area contributed by atoms with Gasteiger partial charge in [0.2, 0.25) is 0 Å². The van der Waals surface area contributed by atoms with Crippen LogP contribution in [0, 0.1) is 17.6 Å². The normalized spacial score (nSPS) is 23.8. The molecule has 1 fully saturated rings. The summed E-state index contributed by atoms with van der Waals surface area (Å²) in [5, 5.41) is -0.700. The van der Waals surface area contributed by atoms with E-state index in [0.717, 1.165) is 31.4 Å². The molecule has 0 saturated heterocycles. The second-order valence-electron chi connectivity index (χ2n) is 5.35. The van der Waals surface area contributed by atoms with Crippen molar-refractivity contribution in [1.29, 1.82) is 0 Å². The highest BCUT2D eigenvalue weighted by Gasteiger charge is 2.38. The smallest absolute Gasteiger partial charge is 0.187 e. The summed E-state index contributed by atoms with van der Waals surface area (Å²) >= 11 is 0. The van der Waals surface area contributed by atoms with E-state index >= 15 is 0 Å². The molecular formula is C14H19F2NO2S. The van der Waals surface area contributed by atoms with Crippen LogP contribution < -0.4 is 5.73 Å². The fraction of sp³-hybridized carbons (Fsp3) is 0.571. The van der Waals surface area contributed by atoms with Gasteiger partial charge in [-0.25, -0.2) is 17.2 Å². The second-order valence-corrected chi connectivity index (χ2v) is 7.45. The van der Waals surface area contributed by atoms with E-state index in [1.807, 2.05) is 6.92 Å². The van der Waals surface area contributed by atoms with Gasteiger partial charge in [0.1, 0.15) is 16.5 Å². The third-order valence-corrected chi connectivity index (χ3v) is 6.44. The number of rotatable bonds is 3. The van der Waals surface area contributed by atoms with Crippen molar-refractivity contribution in [3.05, 3.63) is 23.8 Å². The number of hydrogen-bond acceptors (Lipinski definition) is 3. The first-order valence-corrected chi connectivity index (χ1v) is 8.41. The Morgan fingerprint density at radius 1 is 1.20 bits per heavy atom. The van der Waals surface area contributed by atoms with E-state index < -0.39 is 31.6 Å². The third-order valence-electron chi connectivity index (χ3n) is 4.07. The highest BCUT2D eigenvalue weighted by Crippen LogP contribution is 2.36. The lowest BCUT2D eigenvalue weighted by molar-refractivity contribution is 0.346. The van der Waals surface area contributed by atoms with Gasteiger partial charge in [-0.3, -0.25) is 0 Å². The number of benzene rings is 1. The summed E-state index contributed by atoms with van der Waals surface area (Å²) in [6.45, 7) is 1.91. The Morgan fingerprint density at radius 3 is 2.30 bits per heavy atom. The molecule has 112 valence electrons. The van der Waals surface area contributed by atoms with Crippen molar-refractivity contribution in [1.82, 2.24) is 0 Å². The first-order valence-electron chi connectivity index (χ1n) is 6.86. The molecule has 1 aromatic carbocycles. The molecule has 0 aliphatic heterocycles. The molecule has 3 nitrogen and oxygen atoms in total. The molecule has 0 radical (unpaired) electrons. The third kappa shape index (κ3) is 2.66. The first-order chi connectivity index (χ1) is 9.37. The van der Waals surface area contributed by atoms with Gasteiger partial charge in [0.05, 0.1) is 5.25 Å². The van der Waals surface area contributed by atoms with Crippen molar-refractivity contribution in [2.24, 2.45) is 5.92 Å². The van der Waals surface area contributed by atoms with Gasteiger partial charge in [0, 0.05) is 5.69 Å². The molecule has 0 spiro atoms. The predicted octanol–water partition coefficient (Wildman–Crippen LogP) is 3.29. The van der Waals surface area contributed by atoms with Crippen LogP contribution >= 0.6 is 0 Å². The molecule has 2 atom stereocenters. The SMILES string of the molecule is CCC1CCCCC1S(=O)(=O)c1c(F)cc(N)cc1F. The average Bonchev–Trinajstić information content (AvgIpc) is 2.37. The van der Waals surface area contributed by atoms with Crippen LogP contribution in [0.15, 0.2) is 17.0 Å². The molecule has 1 saturated carbocycles. The van der Waals surface area contributed by atoms with Crippen molar-refractivity contribution in [2.75, 3.05) is 5.73 Å². The molecule has 2 N–H and O–H groups in total. The summed E-state index contributed by atoms with van der Waals surface area (Å²) in [5.41, 5.74) is 5.21. The first kappa shape index (κ1) is 15.2. The second kappa shape index (κ2) is 5.68. The average molecular weight is 303 g/mol. The van der Waals surface area contributed by atoms with E-state index in [4.69, 9.17) is 5.73 Å². The largest absolute Gasteiger partial charge is 0.399 e. The number of halogens is 2. The monoisotopic (exact) mass is 303 g/mol. The number of nitrogen functional groups attached to an aromatic ring is 1. The van der Waals surface area contributed by atoms with E-state index in [9.17, 15) is 17.2 Å². The Kier molecular flexibility index (Phi) is 4.32. The minimum atomic E-state index is -4.01. The van der Waals surface area contributed by atoms with Gasteiger partial charge in [-0.05, 0) is 30.9 Å². The van der Waals surface area contributed by atoms with Gasteiger partial charge >= 0.3 is 0 Å². The van der Waals surface area contributed by atoms with Gasteiger partial charge < -0.3 is 5.73 Å². The Bertz CT molecular complexity index is 578. The number of nitrogens with two attached hydrogens (primary N) is 1. The Balaban J connectivity index is 2.49. The van der Waals surface area contributed by atoms with Gasteiger partial charge in [-0.1, -0.05) is 26.2 Å². The fourth-order valence-electron chi connectivity index (χ4n) is 3.05. The van der Waals surface area contributed by atoms with Gasteiger partial charge in [0.25, 0.3) is 0 Å². The van der Waals surface area contributed by atoms with Crippen LogP contribution in [0.1, 0.15) is 39.0 Å². The predicted molar refractivity (Wildman–Crippen MR) is 74.0 cm³/mol. The maximum atomic E-state index is 13.9. The summed E-state index contributed by atoms with van der Waals surface area (Å²) in [4.78, 5) is -0.822. The van der Waals surface area contributed by atoms with E-state index in [1.54, 1.807) is 0 Å². The quantitative estimate of drug-likeness (QED) is 0.872. The lowest BCUT2D eigenvalue weighted by Crippen LogP contribution is -2.33. The van der Waals surface area contributed by atoms with Gasteiger partial charge in [-0.2, -0.15) is 0 Å². The van der Waals surface area contributed by atoms with Crippen molar-refractivity contribution in [2.45, 2.75) is 49.2 Å². The molecule has 1 aliphatic rings. The van der Waals surface area contributed by atoms with Crippen LogP contribution in [0.25, 0.3) is 0 Å². The minimum absolute atomic E-state index is 0.0369. The highest BCUT2D eigenvalue weighted by molar-refractivity contribution is 7.92. The summed E-state index contributed by atoms with van der Waals surface area (Å²) in [5.74, 6) is -2.23. The van der Waals surface area contributed by atoms with Crippen LogP contribution in [0.4, 0.5) is 14.5 Å². The standard InChI is InChI=1S/C14H19F2NO2S/c1-2-9-5-3-4-6-13(9)20(18,19)14-11(15)7-10(17)8-12(14)16/h7-9,13H,2-6,17H2,1H3. The van der Waals surface area contributed by atoms with Crippen LogP contribution in [-0.4, -0.2) is 13.7 Å². The van der Waals surface area contributed by atoms with Crippen molar-refractivity contribution in [3.8, 4) is 0 Å². The van der Waals surface area contributed by atoms with E-state index in [2.05, 4.69) is 0 Å². The van der Waals surface area contributed by atoms with E-state index in [0.29, 0.717) is 12.8 Å². The molecule has 2 unspecified atom stereocenters. The number of sulfone groups is 1. The molecule has 0 heterocycles. The molecule has 0 amide bonds. The van der Waals surface area contributed by atoms with Crippen LogP contribution in [0.2, 0.25) is 0 Å². The summed E-state index contributed by atoms with van der Waals surface area (Å²) in [6, 6.07) is 1.72. The number of hydrogen-bond donors (Lipinski definition) is 1. The molecule has 0 aromatic heterocycles. The molecule has 2 rings (SSSR count). The Morgan fingerprint density at radius 2 is 1.75 bits per heavy atom. The van der Waals surface area contributed by atoms with Crippen LogP contribution in [0.5, 0.6) is 0 Å². The Hall–Kier alpha value is -1.17. The lowest BCUT2D eigenvalue weighted by Gasteiger charge is -2.30. The van der Waals surface area contributed by atoms with Crippen molar-refractivity contribution < 1.29 is 17.2 Å². The molecular weight excluding hydrogens is 284 g/mol. The highest BCUT2D eigenvalue weighted by atomic mass is 32.2. The summed E-state index contributed by atoms with van der Waals surface area (Å²) < 4.78 is 53.0. The molecule has 6 heteroatoms. The zero-order chi connectivity index (χ0) is 14.9. The van der Waals surface area contributed by atoms with Crippen molar-refractivity contribution >= 4 is 15.5 Å². The lowest BCUT2D eigenvalue weighted by atomic mass is 9.87. The minimum Gasteiger partial charge on any atom is -0.399 e. The molecule has 1 aromatic rings. The van der Waals surface area contributed by atoms with Crippen LogP contribution in [0.3, 0.4) is 0 Å². The van der Waals surface area contributed by atoms with Gasteiger partial charge in [-0.15, -0.1) is 0 Å². The molecule has 0 bridgehead atoms. The van der Waals surface area contributed by atoms with Crippen LogP contribution in [-0.2, 0) is 9.84 Å². The van der Waals surface area contributed by atoms with Crippen molar-refractivity contribution in [3.63, 3.8) is 0 Å². The number of anilines is 1. The molecule has 20 heavy (non-hydrogen) atoms. The fourth-order valence-corrected chi connectivity index (χ4v) is 5.33. The van der Waals surface area contributed by atoms with Gasteiger partial charge in [0.15, 0.2) is 9.84 Å². The maximum Gasteiger partial charge on any atom is 0.187 e. The topological polar surface area (TPSA) is 60.2 Å². The maximum absolute atomic E-state index is 13.9. The summed E-state index contributed by atoms with van der Waals surface area (Å²) in [7, 11) is -4.01. The zero-order valence-electron chi connectivity index (χ0n) is 11.4. The Labute approximate surface area is 118 Å². The zero-order valence-corrected chi connectivity index (χ0v) is 12.2. The summed E-state index contributed by atoms with van der Waals surface area (Å²) in [6.07, 6.45) is 3.70. The van der Waals surface area contributed by atoms with E-state index in [-0.39, 0.29) is 11.6 Å².